The molecule has 2 amide bonds. The lowest BCUT2D eigenvalue weighted by Crippen LogP contribution is -2.38. The summed E-state index contributed by atoms with van der Waals surface area (Å²) in [5.74, 6) is -0.139. The first-order valence-electron chi connectivity index (χ1n) is 7.39. The van der Waals surface area contributed by atoms with Gasteiger partial charge in [0.2, 0.25) is 5.91 Å². The smallest absolute Gasteiger partial charge is 0.410 e. The molecule has 1 aliphatic heterocycles. The molecular weight excluding hydrogens is 296 g/mol. The average Bonchev–Trinajstić information content (AvgIpc) is 3.18. The Morgan fingerprint density at radius 3 is 2.87 bits per heavy atom. The summed E-state index contributed by atoms with van der Waals surface area (Å²) < 4.78 is 4.82. The maximum atomic E-state index is 12.2. The van der Waals surface area contributed by atoms with Gasteiger partial charge in [0.1, 0.15) is 13.2 Å². The number of hydrogen-bond acceptors (Lipinski definition) is 4. The first-order valence-corrected chi connectivity index (χ1v) is 7.39. The van der Waals surface area contributed by atoms with E-state index >= 15 is 0 Å². The van der Waals surface area contributed by atoms with Gasteiger partial charge in [-0.1, -0.05) is 30.3 Å². The first-order chi connectivity index (χ1) is 11.1. The minimum Gasteiger partial charge on any atom is -0.448 e. The van der Waals surface area contributed by atoms with Gasteiger partial charge in [0, 0.05) is 12.6 Å². The van der Waals surface area contributed by atoms with Crippen molar-refractivity contribution in [3.8, 4) is 11.3 Å². The van der Waals surface area contributed by atoms with Crippen LogP contribution < -0.4 is 0 Å². The fourth-order valence-electron chi connectivity index (χ4n) is 2.40. The molecule has 0 radical (unpaired) electrons. The number of benzene rings is 1. The van der Waals surface area contributed by atoms with Gasteiger partial charge in [0.05, 0.1) is 24.5 Å². The number of ether oxygens (including phenoxy) is 1. The molecule has 0 atom stereocenters. The summed E-state index contributed by atoms with van der Waals surface area (Å²) in [6, 6.07) is 11.7. The maximum absolute atomic E-state index is 12.2. The molecule has 7 nitrogen and oxygen atoms in total. The lowest BCUT2D eigenvalue weighted by Gasteiger charge is -2.19. The topological polar surface area (TPSA) is 78.5 Å². The van der Waals surface area contributed by atoms with Crippen molar-refractivity contribution in [1.82, 2.24) is 20.0 Å². The van der Waals surface area contributed by atoms with Crippen LogP contribution in [0.3, 0.4) is 0 Å². The Bertz CT molecular complexity index is 698. The van der Waals surface area contributed by atoms with E-state index in [0.717, 1.165) is 17.0 Å². The normalized spacial score (nSPS) is 14.0. The Balaban J connectivity index is 1.59. The summed E-state index contributed by atoms with van der Waals surface area (Å²) in [5, 5.41) is 7.21. The minimum atomic E-state index is -0.431. The van der Waals surface area contributed by atoms with E-state index in [0.29, 0.717) is 19.7 Å². The summed E-state index contributed by atoms with van der Waals surface area (Å²) in [6.07, 6.45) is -0.431. The van der Waals surface area contributed by atoms with Crippen LogP contribution >= 0.6 is 0 Å². The molecule has 2 aromatic rings. The summed E-state index contributed by atoms with van der Waals surface area (Å²) in [6.45, 7) is 1.24. The Morgan fingerprint density at radius 1 is 1.39 bits per heavy atom. The molecule has 0 spiro atoms. The van der Waals surface area contributed by atoms with Crippen molar-refractivity contribution in [2.75, 3.05) is 26.7 Å². The van der Waals surface area contributed by atoms with Crippen LogP contribution in [0.5, 0.6) is 0 Å². The molecule has 1 fully saturated rings. The predicted molar refractivity (Wildman–Crippen MR) is 83.4 cm³/mol. The first kappa shape index (κ1) is 15.1. The Labute approximate surface area is 133 Å². The second-order valence-electron chi connectivity index (χ2n) is 5.43. The molecule has 0 saturated carbocycles. The minimum absolute atomic E-state index is 0.0367. The van der Waals surface area contributed by atoms with Gasteiger partial charge in [-0.25, -0.2) is 4.79 Å². The van der Waals surface area contributed by atoms with Crippen LogP contribution in [0.15, 0.2) is 36.4 Å². The molecule has 1 N–H and O–H groups in total. The fourth-order valence-corrected chi connectivity index (χ4v) is 2.40. The van der Waals surface area contributed by atoms with Gasteiger partial charge in [-0.05, 0) is 6.07 Å². The van der Waals surface area contributed by atoms with Gasteiger partial charge in [0.15, 0.2) is 0 Å². The van der Waals surface area contributed by atoms with E-state index in [-0.39, 0.29) is 12.5 Å². The van der Waals surface area contributed by atoms with E-state index in [1.54, 1.807) is 11.9 Å². The zero-order valence-corrected chi connectivity index (χ0v) is 12.9. The van der Waals surface area contributed by atoms with E-state index in [4.69, 9.17) is 4.74 Å². The number of amides is 2. The third kappa shape index (κ3) is 3.50. The molecule has 0 unspecified atom stereocenters. The second kappa shape index (κ2) is 6.51. The van der Waals surface area contributed by atoms with Crippen LogP contribution in [0.2, 0.25) is 0 Å². The highest BCUT2D eigenvalue weighted by atomic mass is 16.6. The standard InChI is InChI=1S/C16H18N4O3/c1-19(15(21)11-20-7-8-23-16(20)22)10-13-9-14(18-17-13)12-5-3-2-4-6-12/h2-6,9H,7-8,10-11H2,1H3,(H,17,18). The van der Waals surface area contributed by atoms with Crippen LogP contribution in [0.4, 0.5) is 4.79 Å². The summed E-state index contributed by atoms with van der Waals surface area (Å²) >= 11 is 0. The average molecular weight is 314 g/mol. The molecule has 1 aromatic carbocycles. The number of H-pyrrole nitrogens is 1. The molecule has 23 heavy (non-hydrogen) atoms. The molecule has 1 aliphatic rings. The van der Waals surface area contributed by atoms with E-state index < -0.39 is 6.09 Å². The Morgan fingerprint density at radius 2 is 2.17 bits per heavy atom. The molecule has 0 aliphatic carbocycles. The number of nitrogens with one attached hydrogen (secondary N) is 1. The molecule has 3 rings (SSSR count). The fraction of sp³-hybridized carbons (Fsp3) is 0.312. The van der Waals surface area contributed by atoms with Crippen molar-refractivity contribution in [3.05, 3.63) is 42.1 Å². The Kier molecular flexibility index (Phi) is 4.27. The molecular formula is C16H18N4O3. The van der Waals surface area contributed by atoms with Gasteiger partial charge < -0.3 is 9.64 Å². The molecule has 0 bridgehead atoms. The van der Waals surface area contributed by atoms with Crippen LogP contribution in [0.1, 0.15) is 5.69 Å². The number of aromatic amines is 1. The van der Waals surface area contributed by atoms with Crippen LogP contribution in [0, 0.1) is 0 Å². The SMILES string of the molecule is CN(Cc1cc(-c2ccccc2)n[nH]1)C(=O)CN1CCOC1=O. The lowest BCUT2D eigenvalue weighted by molar-refractivity contribution is -0.131. The monoisotopic (exact) mass is 314 g/mol. The molecule has 1 aromatic heterocycles. The van der Waals surface area contributed by atoms with Gasteiger partial charge in [-0.2, -0.15) is 5.10 Å². The van der Waals surface area contributed by atoms with Crippen molar-refractivity contribution < 1.29 is 14.3 Å². The van der Waals surface area contributed by atoms with Crippen LogP contribution in [-0.4, -0.2) is 58.7 Å². The van der Waals surface area contributed by atoms with Gasteiger partial charge in [-0.3, -0.25) is 14.8 Å². The summed E-state index contributed by atoms with van der Waals surface area (Å²) in [7, 11) is 1.70. The van der Waals surface area contributed by atoms with Gasteiger partial charge in [-0.15, -0.1) is 0 Å². The molecule has 1 saturated heterocycles. The predicted octanol–water partition coefficient (Wildman–Crippen LogP) is 1.49. The van der Waals surface area contributed by atoms with Crippen LogP contribution in [-0.2, 0) is 16.1 Å². The number of carbonyl (C=O) groups excluding carboxylic acids is 2. The van der Waals surface area contributed by atoms with Crippen molar-refractivity contribution >= 4 is 12.0 Å². The van der Waals surface area contributed by atoms with Crippen molar-refractivity contribution in [1.29, 1.82) is 0 Å². The largest absolute Gasteiger partial charge is 0.448 e. The van der Waals surface area contributed by atoms with E-state index in [1.807, 2.05) is 36.4 Å². The molecule has 7 heteroatoms. The second-order valence-corrected chi connectivity index (χ2v) is 5.43. The number of carbonyl (C=O) groups is 2. The van der Waals surface area contributed by atoms with Crippen LogP contribution in [0.25, 0.3) is 11.3 Å². The number of likely N-dealkylation sites (N-methyl/N-ethyl adjacent to an activating group) is 1. The highest BCUT2D eigenvalue weighted by molar-refractivity contribution is 5.82. The zero-order chi connectivity index (χ0) is 16.2. The van der Waals surface area contributed by atoms with E-state index in [2.05, 4.69) is 10.2 Å². The highest BCUT2D eigenvalue weighted by Gasteiger charge is 2.25. The third-order valence-electron chi connectivity index (χ3n) is 3.70. The van der Waals surface area contributed by atoms with E-state index in [9.17, 15) is 9.59 Å². The summed E-state index contributed by atoms with van der Waals surface area (Å²) in [4.78, 5) is 26.5. The van der Waals surface area contributed by atoms with Gasteiger partial charge >= 0.3 is 6.09 Å². The Hall–Kier alpha value is -2.83. The number of hydrogen-bond donors (Lipinski definition) is 1. The number of rotatable bonds is 5. The van der Waals surface area contributed by atoms with Crippen molar-refractivity contribution in [2.45, 2.75) is 6.54 Å². The highest BCUT2D eigenvalue weighted by Crippen LogP contribution is 2.17. The zero-order valence-electron chi connectivity index (χ0n) is 12.9. The quantitative estimate of drug-likeness (QED) is 0.907. The van der Waals surface area contributed by atoms with Crippen molar-refractivity contribution in [2.24, 2.45) is 0 Å². The van der Waals surface area contributed by atoms with E-state index in [1.165, 1.54) is 4.90 Å². The van der Waals surface area contributed by atoms with Crippen molar-refractivity contribution in [3.63, 3.8) is 0 Å². The number of aromatic nitrogens is 2. The lowest BCUT2D eigenvalue weighted by atomic mass is 10.1. The third-order valence-corrected chi connectivity index (χ3v) is 3.70. The number of nitrogens with zero attached hydrogens (tertiary/aromatic N) is 3. The molecule has 120 valence electrons. The molecule has 2 heterocycles. The maximum Gasteiger partial charge on any atom is 0.410 e. The number of cyclic esters (lactones) is 1. The summed E-state index contributed by atoms with van der Waals surface area (Å²) in [5.41, 5.74) is 2.69. The van der Waals surface area contributed by atoms with Gasteiger partial charge in [0.25, 0.3) is 0 Å².